The van der Waals surface area contributed by atoms with E-state index < -0.39 is 0 Å². The number of benzene rings is 1. The quantitative estimate of drug-likeness (QED) is 0.922. The molecule has 0 aliphatic carbocycles. The number of piperazine rings is 1. The van der Waals surface area contributed by atoms with E-state index in [0.717, 1.165) is 42.9 Å². The van der Waals surface area contributed by atoms with Crippen LogP contribution in [0.1, 0.15) is 12.5 Å². The van der Waals surface area contributed by atoms with E-state index >= 15 is 0 Å². The minimum Gasteiger partial charge on any atom is -0.392 e. The average Bonchev–Trinajstić information content (AvgIpc) is 2.39. The van der Waals surface area contributed by atoms with Crippen molar-refractivity contribution in [2.24, 2.45) is 0 Å². The van der Waals surface area contributed by atoms with Gasteiger partial charge in [0.2, 0.25) is 0 Å². The zero-order valence-electron chi connectivity index (χ0n) is 11.0. The first-order chi connectivity index (χ1) is 9.10. The molecular formula is C14H18BrN3O. The van der Waals surface area contributed by atoms with Crippen molar-refractivity contribution >= 4 is 21.6 Å². The Bertz CT molecular complexity index is 476. The molecule has 102 valence electrons. The monoisotopic (exact) mass is 323 g/mol. The van der Waals surface area contributed by atoms with Gasteiger partial charge < -0.3 is 10.0 Å². The molecule has 1 heterocycles. The predicted molar refractivity (Wildman–Crippen MR) is 79.2 cm³/mol. The van der Waals surface area contributed by atoms with Gasteiger partial charge in [0.1, 0.15) is 0 Å². The van der Waals surface area contributed by atoms with E-state index in [1.165, 1.54) is 0 Å². The molecule has 0 bridgehead atoms. The standard InChI is InChI=1S/C14H18BrN3O/c1-11(19)10-17-4-6-18(7-5-17)14-3-2-12(9-16)8-13(14)15/h2-3,8,11,19H,4-7,10H2,1H3/t11-/m1/s1. The minimum absolute atomic E-state index is 0.270. The van der Waals surface area contributed by atoms with Crippen LogP contribution in [0.4, 0.5) is 5.69 Å². The number of anilines is 1. The highest BCUT2D eigenvalue weighted by Crippen LogP contribution is 2.28. The van der Waals surface area contributed by atoms with Crippen molar-refractivity contribution in [2.45, 2.75) is 13.0 Å². The Morgan fingerprint density at radius 3 is 2.58 bits per heavy atom. The van der Waals surface area contributed by atoms with Crippen LogP contribution in [0.15, 0.2) is 22.7 Å². The third kappa shape index (κ3) is 3.69. The smallest absolute Gasteiger partial charge is 0.0992 e. The highest BCUT2D eigenvalue weighted by molar-refractivity contribution is 9.10. The number of nitrogens with zero attached hydrogens (tertiary/aromatic N) is 3. The summed E-state index contributed by atoms with van der Waals surface area (Å²) in [7, 11) is 0. The number of hydrogen-bond acceptors (Lipinski definition) is 4. The second kappa shape index (κ2) is 6.38. The van der Waals surface area contributed by atoms with Crippen LogP contribution in [0.3, 0.4) is 0 Å². The lowest BCUT2D eigenvalue weighted by Crippen LogP contribution is -2.48. The van der Waals surface area contributed by atoms with Crippen molar-refractivity contribution in [1.29, 1.82) is 5.26 Å². The number of aliphatic hydroxyl groups excluding tert-OH is 1. The summed E-state index contributed by atoms with van der Waals surface area (Å²) < 4.78 is 0.968. The summed E-state index contributed by atoms with van der Waals surface area (Å²) in [5.41, 5.74) is 1.80. The molecule has 0 spiro atoms. The maximum atomic E-state index is 9.40. The van der Waals surface area contributed by atoms with Crippen molar-refractivity contribution in [3.63, 3.8) is 0 Å². The summed E-state index contributed by atoms with van der Waals surface area (Å²) in [6, 6.07) is 7.84. The lowest BCUT2D eigenvalue weighted by Gasteiger charge is -2.37. The summed E-state index contributed by atoms with van der Waals surface area (Å²) in [6.45, 7) is 6.36. The van der Waals surface area contributed by atoms with Crippen molar-refractivity contribution in [1.82, 2.24) is 4.90 Å². The van der Waals surface area contributed by atoms with Crippen molar-refractivity contribution < 1.29 is 5.11 Å². The van der Waals surface area contributed by atoms with Gasteiger partial charge in [0.25, 0.3) is 0 Å². The van der Waals surface area contributed by atoms with Crippen LogP contribution < -0.4 is 4.90 Å². The third-order valence-electron chi connectivity index (χ3n) is 3.31. The van der Waals surface area contributed by atoms with Gasteiger partial charge in [-0.2, -0.15) is 5.26 Å². The number of rotatable bonds is 3. The highest BCUT2D eigenvalue weighted by atomic mass is 79.9. The molecule has 0 amide bonds. The molecule has 1 atom stereocenters. The van der Waals surface area contributed by atoms with E-state index in [0.29, 0.717) is 5.56 Å². The molecule has 4 nitrogen and oxygen atoms in total. The van der Waals surface area contributed by atoms with Crippen LogP contribution in [0.2, 0.25) is 0 Å². The minimum atomic E-state index is -0.270. The molecule has 5 heteroatoms. The van der Waals surface area contributed by atoms with Crippen molar-refractivity contribution in [2.75, 3.05) is 37.6 Å². The molecule has 0 aromatic heterocycles. The summed E-state index contributed by atoms with van der Waals surface area (Å²) in [4.78, 5) is 4.59. The van der Waals surface area contributed by atoms with Crippen LogP contribution >= 0.6 is 15.9 Å². The fraction of sp³-hybridized carbons (Fsp3) is 0.500. The van der Waals surface area contributed by atoms with Gasteiger partial charge in [-0.3, -0.25) is 4.90 Å². The lowest BCUT2D eigenvalue weighted by molar-refractivity contribution is 0.122. The van der Waals surface area contributed by atoms with Gasteiger partial charge in [0, 0.05) is 37.2 Å². The van der Waals surface area contributed by atoms with Gasteiger partial charge in [-0.25, -0.2) is 0 Å². The number of halogens is 1. The summed E-state index contributed by atoms with van der Waals surface area (Å²) in [5.74, 6) is 0. The SMILES string of the molecule is C[C@@H](O)CN1CCN(c2ccc(C#N)cc2Br)CC1. The van der Waals surface area contributed by atoms with Gasteiger partial charge in [-0.05, 0) is 41.1 Å². The molecule has 0 saturated carbocycles. The summed E-state index contributed by atoms with van der Waals surface area (Å²) in [6.07, 6.45) is -0.270. The first-order valence-electron chi connectivity index (χ1n) is 6.45. The van der Waals surface area contributed by atoms with Gasteiger partial charge in [-0.15, -0.1) is 0 Å². The van der Waals surface area contributed by atoms with Gasteiger partial charge in [0.05, 0.1) is 23.4 Å². The van der Waals surface area contributed by atoms with E-state index in [-0.39, 0.29) is 6.10 Å². The number of aliphatic hydroxyl groups is 1. The van der Waals surface area contributed by atoms with Crippen LogP contribution in [-0.4, -0.2) is 48.8 Å². The number of nitriles is 1. The average molecular weight is 324 g/mol. The van der Waals surface area contributed by atoms with E-state index in [2.05, 4.69) is 31.8 Å². The molecule has 1 saturated heterocycles. The summed E-state index contributed by atoms with van der Waals surface area (Å²) in [5, 5.41) is 18.3. The Kier molecular flexibility index (Phi) is 4.81. The largest absolute Gasteiger partial charge is 0.392 e. The Labute approximate surface area is 122 Å². The first-order valence-corrected chi connectivity index (χ1v) is 7.24. The zero-order valence-corrected chi connectivity index (χ0v) is 12.6. The molecule has 1 aromatic rings. The van der Waals surface area contributed by atoms with Crippen LogP contribution in [-0.2, 0) is 0 Å². The second-order valence-corrected chi connectivity index (χ2v) is 5.77. The first kappa shape index (κ1) is 14.3. The third-order valence-corrected chi connectivity index (χ3v) is 3.95. The lowest BCUT2D eigenvalue weighted by atomic mass is 10.2. The predicted octanol–water partition coefficient (Wildman–Crippen LogP) is 1.82. The van der Waals surface area contributed by atoms with Crippen molar-refractivity contribution in [3.8, 4) is 6.07 Å². The molecule has 1 N–H and O–H groups in total. The van der Waals surface area contributed by atoms with Gasteiger partial charge >= 0.3 is 0 Å². The molecule has 0 unspecified atom stereocenters. The Morgan fingerprint density at radius 2 is 2.05 bits per heavy atom. The van der Waals surface area contributed by atoms with Crippen LogP contribution in [0, 0.1) is 11.3 Å². The van der Waals surface area contributed by atoms with E-state index in [1.807, 2.05) is 25.1 Å². The highest BCUT2D eigenvalue weighted by Gasteiger charge is 2.19. The molecule has 0 radical (unpaired) electrons. The molecule has 1 aromatic carbocycles. The van der Waals surface area contributed by atoms with E-state index in [4.69, 9.17) is 5.26 Å². The Morgan fingerprint density at radius 1 is 1.37 bits per heavy atom. The molecule has 1 aliphatic rings. The normalized spacial score (nSPS) is 18.1. The fourth-order valence-electron chi connectivity index (χ4n) is 2.38. The maximum absolute atomic E-state index is 9.40. The molecule has 1 fully saturated rings. The molecular weight excluding hydrogens is 306 g/mol. The van der Waals surface area contributed by atoms with Crippen molar-refractivity contribution in [3.05, 3.63) is 28.2 Å². The molecule has 1 aliphatic heterocycles. The number of hydrogen-bond donors (Lipinski definition) is 1. The number of β-amino-alcohol motifs (C(OH)–C–C–N with tert-alkyl or cyclic N) is 1. The van der Waals surface area contributed by atoms with Crippen LogP contribution in [0.5, 0.6) is 0 Å². The molecule has 2 rings (SSSR count). The molecule has 19 heavy (non-hydrogen) atoms. The zero-order chi connectivity index (χ0) is 13.8. The van der Waals surface area contributed by atoms with E-state index in [1.54, 1.807) is 0 Å². The van der Waals surface area contributed by atoms with Gasteiger partial charge in [-0.1, -0.05) is 0 Å². The summed E-state index contributed by atoms with van der Waals surface area (Å²) >= 11 is 3.53. The fourth-order valence-corrected chi connectivity index (χ4v) is 3.01. The Balaban J connectivity index is 2.00. The maximum Gasteiger partial charge on any atom is 0.0992 e. The van der Waals surface area contributed by atoms with E-state index in [9.17, 15) is 5.11 Å². The van der Waals surface area contributed by atoms with Crippen LogP contribution in [0.25, 0.3) is 0 Å². The topological polar surface area (TPSA) is 50.5 Å². The second-order valence-electron chi connectivity index (χ2n) is 4.91. The Hall–Kier alpha value is -1.09. The van der Waals surface area contributed by atoms with Gasteiger partial charge in [0.15, 0.2) is 0 Å².